The molecular weight excluding hydrogens is 374 g/mol. The van der Waals surface area contributed by atoms with E-state index in [-0.39, 0.29) is 41.3 Å². The van der Waals surface area contributed by atoms with Crippen LogP contribution in [0.15, 0.2) is 4.99 Å². The maximum absolute atomic E-state index is 13.2. The summed E-state index contributed by atoms with van der Waals surface area (Å²) in [5, 5.41) is 9.82. The Kier molecular flexibility index (Phi) is 6.97. The summed E-state index contributed by atoms with van der Waals surface area (Å²) in [5.41, 5.74) is -1.04. The van der Waals surface area contributed by atoms with Crippen LogP contribution >= 0.6 is 11.6 Å². The second-order valence-electron chi connectivity index (χ2n) is 9.72. The number of likely N-dealkylation sites (tertiary alicyclic amines) is 1. The normalized spacial score (nSPS) is 27.6. The number of alkyl halides is 1. The second-order valence-corrected chi connectivity index (χ2v) is 10.6. The molecule has 6 heteroatoms. The molecule has 1 aliphatic heterocycles. The van der Waals surface area contributed by atoms with Gasteiger partial charge in [0, 0.05) is 0 Å². The number of imide groups is 1. The SMILES string of the molecule is CC(C)C[C@](C)(C#N)N=C(N1C(=O)C2CCCCC2C1=O)[C@](C)(Cl)CC(C)C. The van der Waals surface area contributed by atoms with E-state index in [1.165, 1.54) is 4.90 Å². The van der Waals surface area contributed by atoms with Crippen LogP contribution in [-0.2, 0) is 9.59 Å². The molecule has 0 aromatic carbocycles. The largest absolute Gasteiger partial charge is 0.274 e. The van der Waals surface area contributed by atoms with Crippen LogP contribution in [0.5, 0.6) is 0 Å². The predicted octanol–water partition coefficient (Wildman–Crippen LogP) is 4.93. The Hall–Kier alpha value is -1.41. The lowest BCUT2D eigenvalue weighted by Gasteiger charge is -2.33. The number of amides is 2. The highest BCUT2D eigenvalue weighted by Crippen LogP contribution is 2.41. The first-order valence-electron chi connectivity index (χ1n) is 10.5. The van der Waals surface area contributed by atoms with E-state index in [4.69, 9.17) is 16.6 Å². The molecule has 1 heterocycles. The molecule has 0 aromatic rings. The molecule has 4 atom stereocenters. The fourth-order valence-electron chi connectivity index (χ4n) is 4.77. The molecule has 2 rings (SSSR count). The summed E-state index contributed by atoms with van der Waals surface area (Å²) in [6.07, 6.45) is 4.50. The molecule has 2 amide bonds. The first kappa shape index (κ1) is 22.9. The van der Waals surface area contributed by atoms with Crippen molar-refractivity contribution in [2.45, 2.75) is 90.5 Å². The number of fused-ring (bicyclic) bond motifs is 1. The minimum Gasteiger partial charge on any atom is -0.274 e. The molecule has 0 radical (unpaired) electrons. The van der Waals surface area contributed by atoms with Gasteiger partial charge >= 0.3 is 0 Å². The molecule has 0 bridgehead atoms. The Morgan fingerprint density at radius 1 is 1.11 bits per heavy atom. The summed E-state index contributed by atoms with van der Waals surface area (Å²) in [6, 6.07) is 2.29. The smallest absolute Gasteiger partial charge is 0.238 e. The predicted molar refractivity (Wildman–Crippen MR) is 112 cm³/mol. The van der Waals surface area contributed by atoms with Crippen LogP contribution in [-0.4, -0.2) is 33.0 Å². The van der Waals surface area contributed by atoms with Gasteiger partial charge in [0.15, 0.2) is 0 Å². The minimum absolute atomic E-state index is 0.186. The lowest BCUT2D eigenvalue weighted by molar-refractivity contribution is -0.135. The number of rotatable bonds is 6. The van der Waals surface area contributed by atoms with Crippen molar-refractivity contribution < 1.29 is 9.59 Å². The molecule has 0 aromatic heterocycles. The van der Waals surface area contributed by atoms with Gasteiger partial charge in [-0.15, -0.1) is 11.6 Å². The Morgan fingerprint density at radius 2 is 1.57 bits per heavy atom. The number of carbonyl (C=O) groups is 2. The van der Waals surface area contributed by atoms with Crippen LogP contribution in [0.3, 0.4) is 0 Å². The third kappa shape index (κ3) is 4.76. The zero-order valence-corrected chi connectivity index (χ0v) is 18.8. The van der Waals surface area contributed by atoms with Crippen molar-refractivity contribution in [2.75, 3.05) is 0 Å². The van der Waals surface area contributed by atoms with E-state index in [2.05, 4.69) is 6.07 Å². The van der Waals surface area contributed by atoms with Crippen LogP contribution in [0.1, 0.15) is 80.1 Å². The molecule has 0 spiro atoms. The summed E-state index contributed by atoms with van der Waals surface area (Å²) in [6.45, 7) is 11.7. The maximum Gasteiger partial charge on any atom is 0.238 e. The van der Waals surface area contributed by atoms with Crippen LogP contribution < -0.4 is 0 Å². The van der Waals surface area contributed by atoms with Crippen LogP contribution in [0.25, 0.3) is 0 Å². The molecule has 1 aliphatic carbocycles. The molecule has 2 unspecified atom stereocenters. The number of halogens is 1. The Balaban J connectivity index is 2.56. The topological polar surface area (TPSA) is 73.5 Å². The zero-order chi connectivity index (χ0) is 21.3. The third-order valence-electron chi connectivity index (χ3n) is 5.71. The Bertz CT molecular complexity index is 668. The van der Waals surface area contributed by atoms with Crippen LogP contribution in [0.4, 0.5) is 0 Å². The molecule has 1 saturated heterocycles. The maximum atomic E-state index is 13.2. The van der Waals surface area contributed by atoms with Gasteiger partial charge in [0.2, 0.25) is 11.8 Å². The zero-order valence-electron chi connectivity index (χ0n) is 18.1. The molecule has 2 fully saturated rings. The number of aliphatic imine (C=N–C) groups is 1. The second kappa shape index (κ2) is 8.53. The van der Waals surface area contributed by atoms with E-state index < -0.39 is 10.4 Å². The number of nitriles is 1. The summed E-state index contributed by atoms with van der Waals surface area (Å²) in [5.74, 6) is -0.150. The fourth-order valence-corrected chi connectivity index (χ4v) is 5.21. The first-order chi connectivity index (χ1) is 12.9. The molecule has 1 saturated carbocycles. The number of amidine groups is 1. The average Bonchev–Trinajstić information content (AvgIpc) is 2.82. The van der Waals surface area contributed by atoms with Crippen molar-refractivity contribution >= 4 is 29.3 Å². The molecule has 0 N–H and O–H groups in total. The van der Waals surface area contributed by atoms with Crippen molar-refractivity contribution in [2.24, 2.45) is 28.7 Å². The van der Waals surface area contributed by atoms with Crippen molar-refractivity contribution in [3.8, 4) is 6.07 Å². The summed E-state index contributed by atoms with van der Waals surface area (Å²) in [4.78, 5) is 31.4. The molecule has 28 heavy (non-hydrogen) atoms. The highest BCUT2D eigenvalue weighted by molar-refractivity contribution is 6.39. The van der Waals surface area contributed by atoms with Gasteiger partial charge in [-0.05, 0) is 51.4 Å². The number of carbonyl (C=O) groups excluding carboxylic acids is 2. The number of hydrogen-bond donors (Lipinski definition) is 0. The van der Waals surface area contributed by atoms with Gasteiger partial charge in [0.1, 0.15) is 16.2 Å². The first-order valence-corrected chi connectivity index (χ1v) is 10.9. The number of hydrogen-bond acceptors (Lipinski definition) is 4. The van der Waals surface area contributed by atoms with Gasteiger partial charge in [-0.25, -0.2) is 9.89 Å². The van der Waals surface area contributed by atoms with Gasteiger partial charge < -0.3 is 0 Å². The highest BCUT2D eigenvalue weighted by Gasteiger charge is 2.53. The monoisotopic (exact) mass is 407 g/mol. The minimum atomic E-state index is -1.04. The van der Waals surface area contributed by atoms with Gasteiger partial charge in [-0.2, -0.15) is 5.26 Å². The van der Waals surface area contributed by atoms with Crippen molar-refractivity contribution in [1.82, 2.24) is 4.90 Å². The van der Waals surface area contributed by atoms with E-state index in [1.807, 2.05) is 34.6 Å². The molecule has 5 nitrogen and oxygen atoms in total. The molecular formula is C22H34ClN3O2. The summed E-state index contributed by atoms with van der Waals surface area (Å²) >= 11 is 6.92. The summed E-state index contributed by atoms with van der Waals surface area (Å²) < 4.78 is 0. The van der Waals surface area contributed by atoms with Crippen molar-refractivity contribution in [3.63, 3.8) is 0 Å². The van der Waals surface area contributed by atoms with E-state index in [0.29, 0.717) is 12.8 Å². The van der Waals surface area contributed by atoms with Gasteiger partial charge in [0.05, 0.1) is 17.9 Å². The third-order valence-corrected chi connectivity index (χ3v) is 6.03. The van der Waals surface area contributed by atoms with E-state index >= 15 is 0 Å². The quantitative estimate of drug-likeness (QED) is 0.271. The van der Waals surface area contributed by atoms with Crippen LogP contribution in [0, 0.1) is 35.0 Å². The Morgan fingerprint density at radius 3 is 1.96 bits per heavy atom. The van der Waals surface area contributed by atoms with E-state index in [1.54, 1.807) is 6.92 Å². The Labute approximate surface area is 174 Å². The summed E-state index contributed by atoms with van der Waals surface area (Å²) in [7, 11) is 0. The van der Waals surface area contributed by atoms with E-state index in [9.17, 15) is 14.9 Å². The number of nitrogens with zero attached hydrogens (tertiary/aromatic N) is 3. The lowest BCUT2D eigenvalue weighted by atomic mass is 9.81. The molecule has 2 aliphatic rings. The lowest BCUT2D eigenvalue weighted by Crippen LogP contribution is -2.49. The van der Waals surface area contributed by atoms with Crippen molar-refractivity contribution in [1.29, 1.82) is 5.26 Å². The molecule has 156 valence electrons. The standard InChI is InChI=1S/C22H34ClN3O2/c1-14(2)11-21(5,13-24)25-20(22(6,23)12-15(3)4)26-18(27)16-9-7-8-10-17(16)19(26)28/h14-17H,7-12H2,1-6H3/t16?,17?,21-,22-/m1/s1. The van der Waals surface area contributed by atoms with Gasteiger partial charge in [-0.1, -0.05) is 40.5 Å². The average molecular weight is 408 g/mol. The highest BCUT2D eigenvalue weighted by atomic mass is 35.5. The van der Waals surface area contributed by atoms with Gasteiger partial charge in [0.25, 0.3) is 0 Å². The van der Waals surface area contributed by atoms with E-state index in [0.717, 1.165) is 25.7 Å². The van der Waals surface area contributed by atoms with Crippen LogP contribution in [0.2, 0.25) is 0 Å². The van der Waals surface area contributed by atoms with Gasteiger partial charge in [-0.3, -0.25) is 9.59 Å². The van der Waals surface area contributed by atoms with Crippen molar-refractivity contribution in [3.05, 3.63) is 0 Å². The fraction of sp³-hybridized carbons (Fsp3) is 0.818.